The zero-order valence-electron chi connectivity index (χ0n) is 20.0. The topological polar surface area (TPSA) is 87.7 Å². The van der Waals surface area contributed by atoms with Gasteiger partial charge in [-0.3, -0.25) is 14.5 Å². The van der Waals surface area contributed by atoms with Crippen molar-refractivity contribution in [2.75, 3.05) is 38.5 Å². The van der Waals surface area contributed by atoms with E-state index in [-0.39, 0.29) is 35.1 Å². The second-order valence-corrected chi connectivity index (χ2v) is 9.62. The quantitative estimate of drug-likeness (QED) is 0.434. The first kappa shape index (κ1) is 25.8. The molecule has 0 bridgehead atoms. The number of rotatable bonds is 9. The van der Waals surface area contributed by atoms with Crippen molar-refractivity contribution in [3.63, 3.8) is 0 Å². The SMILES string of the molecule is CC(C(=O)Nc1cc(C(=O)Cc2nnc(-c3ccccc3)s2)ccc1OC(F)F)N1CCN(C)CC1. The predicted octanol–water partition coefficient (Wildman–Crippen LogP) is 3.81. The number of hydrogen-bond donors (Lipinski definition) is 1. The maximum atomic E-state index is 13.0. The van der Waals surface area contributed by atoms with Gasteiger partial charge in [-0.05, 0) is 32.2 Å². The molecule has 1 aromatic heterocycles. The van der Waals surface area contributed by atoms with Crippen LogP contribution in [0.2, 0.25) is 0 Å². The van der Waals surface area contributed by atoms with Crippen LogP contribution >= 0.6 is 11.3 Å². The Morgan fingerprint density at radius 2 is 1.81 bits per heavy atom. The third kappa shape index (κ3) is 6.48. The van der Waals surface area contributed by atoms with Crippen LogP contribution in [-0.4, -0.2) is 77.6 Å². The van der Waals surface area contributed by atoms with Crippen molar-refractivity contribution in [1.29, 1.82) is 0 Å². The number of amides is 1. The zero-order chi connectivity index (χ0) is 25.7. The molecule has 1 unspecified atom stereocenters. The van der Waals surface area contributed by atoms with E-state index in [1.165, 1.54) is 29.5 Å². The van der Waals surface area contributed by atoms with Crippen LogP contribution in [0.4, 0.5) is 14.5 Å². The van der Waals surface area contributed by atoms with Crippen LogP contribution in [0.5, 0.6) is 5.75 Å². The number of carbonyl (C=O) groups excluding carboxylic acids is 2. The Morgan fingerprint density at radius 1 is 1.08 bits per heavy atom. The first-order valence-electron chi connectivity index (χ1n) is 11.5. The molecule has 4 rings (SSSR count). The van der Waals surface area contributed by atoms with Crippen molar-refractivity contribution in [2.24, 2.45) is 0 Å². The Hall–Kier alpha value is -3.28. The molecule has 1 N–H and O–H groups in total. The largest absolute Gasteiger partial charge is 0.433 e. The molecule has 1 amide bonds. The number of alkyl halides is 2. The molecule has 0 spiro atoms. The van der Waals surface area contributed by atoms with E-state index in [0.717, 1.165) is 31.7 Å². The summed E-state index contributed by atoms with van der Waals surface area (Å²) >= 11 is 1.31. The Balaban J connectivity index is 1.49. The number of ether oxygens (including phenoxy) is 1. The maximum Gasteiger partial charge on any atom is 0.387 e. The molecule has 1 atom stereocenters. The number of aromatic nitrogens is 2. The van der Waals surface area contributed by atoms with E-state index >= 15 is 0 Å². The van der Waals surface area contributed by atoms with Gasteiger partial charge in [0.15, 0.2) is 5.78 Å². The van der Waals surface area contributed by atoms with Crippen LogP contribution in [0.25, 0.3) is 10.6 Å². The number of hydrogen-bond acceptors (Lipinski definition) is 8. The summed E-state index contributed by atoms with van der Waals surface area (Å²) in [6.45, 7) is 1.80. The predicted molar refractivity (Wildman–Crippen MR) is 134 cm³/mol. The van der Waals surface area contributed by atoms with E-state index in [1.807, 2.05) is 42.3 Å². The van der Waals surface area contributed by atoms with Gasteiger partial charge in [0.05, 0.1) is 18.2 Å². The average molecular weight is 516 g/mol. The zero-order valence-corrected chi connectivity index (χ0v) is 20.8. The van der Waals surface area contributed by atoms with E-state index in [2.05, 4.69) is 25.2 Å². The average Bonchev–Trinajstić information content (AvgIpc) is 3.33. The fourth-order valence-electron chi connectivity index (χ4n) is 3.87. The smallest absolute Gasteiger partial charge is 0.387 e. The van der Waals surface area contributed by atoms with E-state index in [9.17, 15) is 18.4 Å². The molecular weight excluding hydrogens is 488 g/mol. The molecule has 1 aliphatic heterocycles. The molecule has 11 heteroatoms. The highest BCUT2D eigenvalue weighted by molar-refractivity contribution is 7.14. The molecular formula is C25H27F2N5O3S. The number of nitrogens with one attached hydrogen (secondary N) is 1. The van der Waals surface area contributed by atoms with Crippen LogP contribution in [0.1, 0.15) is 22.3 Å². The van der Waals surface area contributed by atoms with Crippen LogP contribution in [0.15, 0.2) is 48.5 Å². The van der Waals surface area contributed by atoms with Crippen LogP contribution in [-0.2, 0) is 11.2 Å². The molecule has 190 valence electrons. The number of halogens is 2. The third-order valence-corrected chi connectivity index (χ3v) is 7.01. The Bertz CT molecular complexity index is 1200. The second-order valence-electron chi connectivity index (χ2n) is 8.56. The number of anilines is 1. The molecule has 1 fully saturated rings. The van der Waals surface area contributed by atoms with Gasteiger partial charge in [0.2, 0.25) is 5.91 Å². The molecule has 1 saturated heterocycles. The van der Waals surface area contributed by atoms with Gasteiger partial charge in [-0.25, -0.2) is 0 Å². The summed E-state index contributed by atoms with van der Waals surface area (Å²) in [6, 6.07) is 13.1. The first-order valence-corrected chi connectivity index (χ1v) is 12.3. The molecule has 3 aromatic rings. The minimum atomic E-state index is -3.07. The molecule has 0 saturated carbocycles. The fraction of sp³-hybridized carbons (Fsp3) is 0.360. The molecule has 2 aromatic carbocycles. The lowest BCUT2D eigenvalue weighted by molar-refractivity contribution is -0.121. The van der Waals surface area contributed by atoms with Crippen LogP contribution < -0.4 is 10.1 Å². The highest BCUT2D eigenvalue weighted by Crippen LogP contribution is 2.29. The minimum Gasteiger partial charge on any atom is -0.433 e. The van der Waals surface area contributed by atoms with Crippen LogP contribution in [0.3, 0.4) is 0 Å². The summed E-state index contributed by atoms with van der Waals surface area (Å²) in [5.41, 5.74) is 1.17. The van der Waals surface area contributed by atoms with Gasteiger partial charge in [0.25, 0.3) is 0 Å². The van der Waals surface area contributed by atoms with Crippen molar-refractivity contribution < 1.29 is 23.1 Å². The van der Waals surface area contributed by atoms with Gasteiger partial charge in [-0.1, -0.05) is 41.7 Å². The summed E-state index contributed by atoms with van der Waals surface area (Å²) in [7, 11) is 2.02. The second kappa shape index (κ2) is 11.6. The molecule has 0 aliphatic carbocycles. The number of likely N-dealkylation sites (N-methyl/N-ethyl adjacent to an activating group) is 1. The van der Waals surface area contributed by atoms with Gasteiger partial charge >= 0.3 is 6.61 Å². The molecule has 1 aliphatic rings. The Kier molecular flexibility index (Phi) is 8.34. The monoisotopic (exact) mass is 515 g/mol. The van der Waals surface area contributed by atoms with E-state index in [4.69, 9.17) is 0 Å². The number of piperazine rings is 1. The fourth-order valence-corrected chi connectivity index (χ4v) is 4.72. The highest BCUT2D eigenvalue weighted by Gasteiger charge is 2.26. The van der Waals surface area contributed by atoms with E-state index in [0.29, 0.717) is 10.0 Å². The number of Topliss-reactive ketones (excluding diaryl/α,β-unsaturated/α-hetero) is 1. The van der Waals surface area contributed by atoms with Crippen LogP contribution in [0, 0.1) is 0 Å². The van der Waals surface area contributed by atoms with E-state index < -0.39 is 12.7 Å². The molecule has 8 nitrogen and oxygen atoms in total. The van der Waals surface area contributed by atoms with Crippen molar-refractivity contribution in [2.45, 2.75) is 26.0 Å². The van der Waals surface area contributed by atoms with Crippen molar-refractivity contribution in [3.05, 3.63) is 59.1 Å². The summed E-state index contributed by atoms with van der Waals surface area (Å²) < 4.78 is 30.6. The lowest BCUT2D eigenvalue weighted by Crippen LogP contribution is -2.51. The molecule has 2 heterocycles. The summed E-state index contributed by atoms with van der Waals surface area (Å²) in [5, 5.41) is 12.2. The summed E-state index contributed by atoms with van der Waals surface area (Å²) in [5.74, 6) is -0.848. The number of benzene rings is 2. The van der Waals surface area contributed by atoms with Gasteiger partial charge in [-0.15, -0.1) is 10.2 Å². The minimum absolute atomic E-state index is 0.00929. The van der Waals surface area contributed by atoms with E-state index in [1.54, 1.807) is 6.92 Å². The normalized spacial score (nSPS) is 15.6. The Morgan fingerprint density at radius 3 is 2.50 bits per heavy atom. The molecule has 36 heavy (non-hydrogen) atoms. The lowest BCUT2D eigenvalue weighted by Gasteiger charge is -2.35. The first-order chi connectivity index (χ1) is 17.3. The van der Waals surface area contributed by atoms with Crippen molar-refractivity contribution in [3.8, 4) is 16.3 Å². The van der Waals surface area contributed by atoms with Gasteiger partial charge < -0.3 is 15.0 Å². The van der Waals surface area contributed by atoms with Gasteiger partial charge in [-0.2, -0.15) is 8.78 Å². The van der Waals surface area contributed by atoms with Crippen molar-refractivity contribution >= 4 is 28.7 Å². The van der Waals surface area contributed by atoms with Crippen molar-refractivity contribution in [1.82, 2.24) is 20.0 Å². The van der Waals surface area contributed by atoms with Gasteiger partial charge in [0, 0.05) is 37.3 Å². The maximum absolute atomic E-state index is 13.0. The summed E-state index contributed by atoms with van der Waals surface area (Å²) in [6.07, 6.45) is -0.00929. The standard InChI is InChI=1S/C25H27F2N5O3S/c1-16(32-12-10-31(2)11-13-32)23(34)28-19-14-18(8-9-21(19)35-25(26)27)20(33)15-22-29-30-24(36-22)17-6-4-3-5-7-17/h3-9,14,16,25H,10-13,15H2,1-2H3,(H,28,34). The number of carbonyl (C=O) groups is 2. The lowest BCUT2D eigenvalue weighted by atomic mass is 10.1. The summed E-state index contributed by atoms with van der Waals surface area (Å²) in [4.78, 5) is 30.1. The van der Waals surface area contributed by atoms with Gasteiger partial charge in [0.1, 0.15) is 15.8 Å². The Labute approximate surface area is 211 Å². The third-order valence-electron chi connectivity index (χ3n) is 6.04. The number of ketones is 1. The highest BCUT2D eigenvalue weighted by atomic mass is 32.1. The number of nitrogens with zero attached hydrogens (tertiary/aromatic N) is 4. The molecule has 0 radical (unpaired) electrons.